The number of aliphatic hydroxyl groups excluding tert-OH is 1. The Morgan fingerprint density at radius 3 is 2.08 bits per heavy atom. The van der Waals surface area contributed by atoms with Gasteiger partial charge in [0.25, 0.3) is 0 Å². The van der Waals surface area contributed by atoms with Crippen LogP contribution in [0.15, 0.2) is 0 Å². The summed E-state index contributed by atoms with van der Waals surface area (Å²) in [4.78, 5) is 0. The van der Waals surface area contributed by atoms with E-state index >= 15 is 0 Å². The summed E-state index contributed by atoms with van der Waals surface area (Å²) >= 11 is 15.8. The molecule has 0 saturated heterocycles. The highest BCUT2D eigenvalue weighted by Crippen LogP contribution is 2.57. The van der Waals surface area contributed by atoms with Crippen LogP contribution in [-0.2, 0) is 13.6 Å². The SMILES string of the molecule is COP(=O)(O[14CH3])C(O)C(Cl)(Cl)Cl. The molecular formula is C4H8Cl3O4P. The van der Waals surface area contributed by atoms with Crippen LogP contribution in [0.1, 0.15) is 0 Å². The highest BCUT2D eigenvalue weighted by atomic mass is 35.6. The van der Waals surface area contributed by atoms with Crippen LogP contribution in [0.5, 0.6) is 0 Å². The third kappa shape index (κ3) is 3.04. The maximum Gasteiger partial charge on any atom is 0.362 e. The lowest BCUT2D eigenvalue weighted by atomic mass is 10.8. The van der Waals surface area contributed by atoms with Crippen molar-refractivity contribution >= 4 is 42.4 Å². The van der Waals surface area contributed by atoms with Crippen LogP contribution in [0.25, 0.3) is 0 Å². The van der Waals surface area contributed by atoms with Gasteiger partial charge in [0.2, 0.25) is 9.64 Å². The molecule has 1 N–H and O–H groups in total. The van der Waals surface area contributed by atoms with E-state index in [-0.39, 0.29) is 0 Å². The summed E-state index contributed by atoms with van der Waals surface area (Å²) in [6.45, 7) is 0. The van der Waals surface area contributed by atoms with Gasteiger partial charge in [-0.2, -0.15) is 0 Å². The van der Waals surface area contributed by atoms with Gasteiger partial charge in [0.1, 0.15) is 0 Å². The minimum absolute atomic E-state index is 1.09. The molecule has 0 aromatic rings. The highest BCUT2D eigenvalue weighted by Gasteiger charge is 2.46. The van der Waals surface area contributed by atoms with Crippen molar-refractivity contribution in [2.24, 2.45) is 0 Å². The van der Waals surface area contributed by atoms with E-state index in [0.717, 1.165) is 14.2 Å². The first-order valence-electron chi connectivity index (χ1n) is 2.74. The van der Waals surface area contributed by atoms with Gasteiger partial charge in [-0.25, -0.2) is 0 Å². The molecule has 0 aromatic carbocycles. The van der Waals surface area contributed by atoms with Crippen molar-refractivity contribution in [3.8, 4) is 0 Å². The molecule has 0 aromatic heterocycles. The topological polar surface area (TPSA) is 55.8 Å². The van der Waals surface area contributed by atoms with E-state index in [0.29, 0.717) is 0 Å². The predicted molar refractivity (Wildman–Crippen MR) is 47.9 cm³/mol. The quantitative estimate of drug-likeness (QED) is 0.623. The average Bonchev–Trinajstić information content (AvgIpc) is 2.00. The monoisotopic (exact) mass is 258 g/mol. The average molecular weight is 259 g/mol. The van der Waals surface area contributed by atoms with Crippen LogP contribution in [0, 0.1) is 0 Å². The maximum absolute atomic E-state index is 11.3. The first kappa shape index (κ1) is 13.0. The predicted octanol–water partition coefficient (Wildman–Crippen LogP) is 2.16. The fourth-order valence-electron chi connectivity index (χ4n) is 0.454. The molecule has 0 saturated carbocycles. The molecule has 2 unspecified atom stereocenters. The Kier molecular flexibility index (Phi) is 4.83. The Bertz CT molecular complexity index is 183. The normalized spacial score (nSPS) is 20.2. The molecule has 0 bridgehead atoms. The van der Waals surface area contributed by atoms with Crippen molar-refractivity contribution in [2.45, 2.75) is 9.64 Å². The number of rotatable bonds is 3. The zero-order chi connectivity index (χ0) is 9.99. The van der Waals surface area contributed by atoms with E-state index in [1.807, 2.05) is 0 Å². The molecule has 4 nitrogen and oxygen atoms in total. The van der Waals surface area contributed by atoms with Gasteiger partial charge in [0.05, 0.1) is 0 Å². The lowest BCUT2D eigenvalue weighted by Gasteiger charge is -2.24. The number of hydrogen-bond acceptors (Lipinski definition) is 4. The third-order valence-corrected chi connectivity index (χ3v) is 4.18. The van der Waals surface area contributed by atoms with Crippen LogP contribution in [0.4, 0.5) is 0 Å². The molecule has 0 amide bonds. The molecular weight excluding hydrogens is 251 g/mol. The minimum Gasteiger partial charge on any atom is -0.377 e. The number of hydrogen-bond donors (Lipinski definition) is 1. The third-order valence-electron chi connectivity index (χ3n) is 1.10. The Labute approximate surface area is 85.2 Å². The molecule has 0 heterocycles. The smallest absolute Gasteiger partial charge is 0.362 e. The second-order valence-electron chi connectivity index (χ2n) is 1.82. The van der Waals surface area contributed by atoms with Crippen LogP contribution in [0.2, 0.25) is 0 Å². The molecule has 2 atom stereocenters. The van der Waals surface area contributed by atoms with Gasteiger partial charge in [-0.1, -0.05) is 34.8 Å². The standard InChI is InChI=1S/C4H8Cl3O4P/c1-10-12(9,11-2)3(8)4(5,6)7/h3,8H,1-2H3/i1+2. The van der Waals surface area contributed by atoms with Crippen molar-refractivity contribution in [2.75, 3.05) is 14.2 Å². The van der Waals surface area contributed by atoms with Crippen LogP contribution >= 0.6 is 42.4 Å². The van der Waals surface area contributed by atoms with Gasteiger partial charge in [-0.15, -0.1) is 0 Å². The summed E-state index contributed by atoms with van der Waals surface area (Å²) in [5, 5.41) is 9.20. The van der Waals surface area contributed by atoms with E-state index in [4.69, 9.17) is 34.8 Å². The lowest BCUT2D eigenvalue weighted by molar-refractivity contribution is 0.176. The van der Waals surface area contributed by atoms with E-state index < -0.39 is 17.2 Å². The van der Waals surface area contributed by atoms with Crippen LogP contribution in [0.3, 0.4) is 0 Å². The molecule has 0 rings (SSSR count). The fourth-order valence-corrected chi connectivity index (χ4v) is 2.44. The summed E-state index contributed by atoms with van der Waals surface area (Å²) in [6, 6.07) is 0. The maximum atomic E-state index is 11.3. The van der Waals surface area contributed by atoms with Gasteiger partial charge in [0, 0.05) is 14.2 Å². The van der Waals surface area contributed by atoms with Crippen molar-refractivity contribution < 1.29 is 18.7 Å². The first-order chi connectivity index (χ1) is 5.28. The molecule has 74 valence electrons. The Balaban J connectivity index is 4.66. The van der Waals surface area contributed by atoms with Gasteiger partial charge >= 0.3 is 7.60 Å². The van der Waals surface area contributed by atoms with Crippen LogP contribution in [-0.4, -0.2) is 29.0 Å². The Morgan fingerprint density at radius 1 is 1.58 bits per heavy atom. The van der Waals surface area contributed by atoms with E-state index in [1.54, 1.807) is 0 Å². The zero-order valence-corrected chi connectivity index (χ0v) is 9.49. The largest absolute Gasteiger partial charge is 0.377 e. The molecule has 8 heteroatoms. The molecule has 0 radical (unpaired) electrons. The zero-order valence-electron chi connectivity index (χ0n) is 6.33. The lowest BCUT2D eigenvalue weighted by Crippen LogP contribution is -2.26. The van der Waals surface area contributed by atoms with E-state index in [2.05, 4.69) is 9.05 Å². The second-order valence-corrected chi connectivity index (χ2v) is 6.49. The van der Waals surface area contributed by atoms with Crippen molar-refractivity contribution in [3.63, 3.8) is 0 Å². The molecule has 0 aliphatic heterocycles. The molecule has 12 heavy (non-hydrogen) atoms. The molecule has 0 fully saturated rings. The Hall–Kier alpha value is 0.980. The molecule has 0 aliphatic carbocycles. The number of aliphatic hydroxyl groups is 1. The van der Waals surface area contributed by atoms with E-state index in [9.17, 15) is 9.67 Å². The van der Waals surface area contributed by atoms with Gasteiger partial charge in [0.15, 0.2) is 0 Å². The Morgan fingerprint density at radius 2 is 2.00 bits per heavy atom. The summed E-state index contributed by atoms with van der Waals surface area (Å²) in [5.41, 5.74) is 0. The van der Waals surface area contributed by atoms with Gasteiger partial charge in [-0.3, -0.25) is 4.57 Å². The van der Waals surface area contributed by atoms with Gasteiger partial charge < -0.3 is 14.2 Å². The van der Waals surface area contributed by atoms with Gasteiger partial charge in [-0.05, 0) is 0 Å². The summed E-state index contributed by atoms with van der Waals surface area (Å²) in [5.74, 6) is -1.80. The highest BCUT2D eigenvalue weighted by molar-refractivity contribution is 7.54. The number of halogens is 3. The van der Waals surface area contributed by atoms with Crippen molar-refractivity contribution in [3.05, 3.63) is 0 Å². The molecule has 0 aliphatic rings. The van der Waals surface area contributed by atoms with Crippen molar-refractivity contribution in [1.82, 2.24) is 0 Å². The molecule has 0 spiro atoms. The van der Waals surface area contributed by atoms with Crippen LogP contribution < -0.4 is 0 Å². The summed E-state index contributed by atoms with van der Waals surface area (Å²) < 4.78 is 18.1. The first-order valence-corrected chi connectivity index (χ1v) is 5.48. The second kappa shape index (κ2) is 4.47. The number of alkyl halides is 3. The minimum atomic E-state index is -3.73. The van der Waals surface area contributed by atoms with E-state index in [1.165, 1.54) is 0 Å². The van der Waals surface area contributed by atoms with Crippen molar-refractivity contribution in [1.29, 1.82) is 0 Å². The fraction of sp³-hybridized carbons (Fsp3) is 1.00. The summed E-state index contributed by atoms with van der Waals surface area (Å²) in [7, 11) is -1.56. The summed E-state index contributed by atoms with van der Waals surface area (Å²) in [6.07, 6.45) is 0.